The van der Waals surface area contributed by atoms with Crippen LogP contribution in [0.15, 0.2) is 34.5 Å². The average molecular weight is 357 g/mol. The summed E-state index contributed by atoms with van der Waals surface area (Å²) in [7, 11) is -3.78. The molecule has 3 N–H and O–H groups in total. The van der Waals surface area contributed by atoms with Crippen molar-refractivity contribution in [1.82, 2.24) is 5.32 Å². The molecule has 5 nitrogen and oxygen atoms in total. The number of carbonyl (C=O) groups is 1. The van der Waals surface area contributed by atoms with Crippen LogP contribution < -0.4 is 10.5 Å². The van der Waals surface area contributed by atoms with Crippen molar-refractivity contribution in [2.24, 2.45) is 5.14 Å². The lowest BCUT2D eigenvalue weighted by Gasteiger charge is -2.13. The molecule has 0 unspecified atom stereocenters. The van der Waals surface area contributed by atoms with Gasteiger partial charge in [0, 0.05) is 10.4 Å². The highest BCUT2D eigenvalue weighted by Crippen LogP contribution is 2.33. The molecule has 1 amide bonds. The summed E-state index contributed by atoms with van der Waals surface area (Å²) >= 11 is 7.02. The number of sulfonamides is 1. The van der Waals surface area contributed by atoms with Crippen LogP contribution in [0.5, 0.6) is 0 Å². The molecule has 1 aliphatic carbocycles. The Morgan fingerprint density at radius 1 is 1.36 bits per heavy atom. The highest BCUT2D eigenvalue weighted by molar-refractivity contribution is 7.89. The second kappa shape index (κ2) is 5.66. The van der Waals surface area contributed by atoms with Gasteiger partial charge in [0.2, 0.25) is 10.0 Å². The first kappa shape index (κ1) is 15.5. The molecule has 0 bridgehead atoms. The van der Waals surface area contributed by atoms with E-state index < -0.39 is 10.0 Å². The number of benzene rings is 1. The molecule has 1 aliphatic rings. The number of thiophene rings is 1. The van der Waals surface area contributed by atoms with Crippen molar-refractivity contribution < 1.29 is 13.2 Å². The number of nitrogens with two attached hydrogens (primary N) is 1. The Bertz CT molecular complexity index is 846. The molecule has 1 aromatic heterocycles. The third-order valence-corrected chi connectivity index (χ3v) is 5.82. The van der Waals surface area contributed by atoms with Crippen LogP contribution >= 0.6 is 22.9 Å². The fraction of sp³-hybridized carbons (Fsp3) is 0.214. The molecule has 0 spiro atoms. The van der Waals surface area contributed by atoms with Crippen molar-refractivity contribution in [3.63, 3.8) is 0 Å². The third kappa shape index (κ3) is 3.03. The SMILES string of the molecule is NS(=O)(=O)c1csc(C(=O)N[C@@H]2CCc3cc(Cl)ccc32)c1. The van der Waals surface area contributed by atoms with Crippen molar-refractivity contribution in [3.8, 4) is 0 Å². The van der Waals surface area contributed by atoms with E-state index in [9.17, 15) is 13.2 Å². The molecule has 22 heavy (non-hydrogen) atoms. The summed E-state index contributed by atoms with van der Waals surface area (Å²) in [6, 6.07) is 6.84. The molecule has 8 heteroatoms. The minimum Gasteiger partial charge on any atom is -0.345 e. The van der Waals surface area contributed by atoms with Gasteiger partial charge in [0.15, 0.2) is 0 Å². The fourth-order valence-electron chi connectivity index (χ4n) is 2.55. The van der Waals surface area contributed by atoms with Gasteiger partial charge >= 0.3 is 0 Å². The van der Waals surface area contributed by atoms with Crippen molar-refractivity contribution in [2.45, 2.75) is 23.8 Å². The van der Waals surface area contributed by atoms with Crippen molar-refractivity contribution in [2.75, 3.05) is 0 Å². The molecule has 0 radical (unpaired) electrons. The lowest BCUT2D eigenvalue weighted by molar-refractivity contribution is 0.0940. The van der Waals surface area contributed by atoms with E-state index in [1.165, 1.54) is 11.4 Å². The number of nitrogens with one attached hydrogen (secondary N) is 1. The number of aryl methyl sites for hydroxylation is 1. The molecule has 0 fully saturated rings. The number of rotatable bonds is 3. The smallest absolute Gasteiger partial charge is 0.261 e. The van der Waals surface area contributed by atoms with Crippen LogP contribution in [0.1, 0.15) is 33.3 Å². The van der Waals surface area contributed by atoms with E-state index in [1.54, 1.807) is 6.07 Å². The summed E-state index contributed by atoms with van der Waals surface area (Å²) in [5, 5.41) is 10.0. The molecular formula is C14H13ClN2O3S2. The van der Waals surface area contributed by atoms with Crippen LogP contribution in [0.4, 0.5) is 0 Å². The van der Waals surface area contributed by atoms with Crippen LogP contribution in [0.25, 0.3) is 0 Å². The predicted octanol–water partition coefficient (Wildman–Crippen LogP) is 2.47. The van der Waals surface area contributed by atoms with E-state index >= 15 is 0 Å². The molecule has 116 valence electrons. The van der Waals surface area contributed by atoms with Gasteiger partial charge in [-0.2, -0.15) is 0 Å². The van der Waals surface area contributed by atoms with Crippen LogP contribution in [0.2, 0.25) is 5.02 Å². The van der Waals surface area contributed by atoms with Crippen LogP contribution in [0, 0.1) is 0 Å². The zero-order valence-electron chi connectivity index (χ0n) is 11.4. The van der Waals surface area contributed by atoms with E-state index in [-0.39, 0.29) is 16.8 Å². The molecule has 0 saturated heterocycles. The third-order valence-electron chi connectivity index (χ3n) is 3.62. The maximum absolute atomic E-state index is 12.3. The first-order chi connectivity index (χ1) is 10.3. The second-order valence-electron chi connectivity index (χ2n) is 5.10. The standard InChI is InChI=1S/C14H13ClN2O3S2/c15-9-2-3-11-8(5-9)1-4-12(11)17-14(18)13-6-10(7-21-13)22(16,19)20/h2-3,5-7,12H,1,4H2,(H,17,18)(H2,16,19,20)/t12-/m1/s1. The molecule has 3 rings (SSSR count). The summed E-state index contributed by atoms with van der Waals surface area (Å²) in [4.78, 5) is 12.5. The van der Waals surface area contributed by atoms with E-state index in [0.717, 1.165) is 35.3 Å². The summed E-state index contributed by atoms with van der Waals surface area (Å²) in [6.45, 7) is 0. The summed E-state index contributed by atoms with van der Waals surface area (Å²) < 4.78 is 22.5. The Kier molecular flexibility index (Phi) is 3.98. The molecule has 0 aliphatic heterocycles. The quantitative estimate of drug-likeness (QED) is 0.885. The largest absolute Gasteiger partial charge is 0.345 e. The van der Waals surface area contributed by atoms with Crippen LogP contribution in [-0.4, -0.2) is 14.3 Å². The maximum atomic E-state index is 12.3. The topological polar surface area (TPSA) is 89.3 Å². The number of primary sulfonamides is 1. The first-order valence-corrected chi connectivity index (χ1v) is 9.35. The molecule has 0 saturated carbocycles. The van der Waals surface area contributed by atoms with Gasteiger partial charge in [-0.1, -0.05) is 17.7 Å². The average Bonchev–Trinajstić information content (AvgIpc) is 3.05. The van der Waals surface area contributed by atoms with Gasteiger partial charge in [-0.3, -0.25) is 4.79 Å². The summed E-state index contributed by atoms with van der Waals surface area (Å²) in [5.41, 5.74) is 2.19. The lowest BCUT2D eigenvalue weighted by Crippen LogP contribution is -2.26. The fourth-order valence-corrected chi connectivity index (χ4v) is 4.46. The maximum Gasteiger partial charge on any atom is 0.261 e. The first-order valence-electron chi connectivity index (χ1n) is 6.55. The predicted molar refractivity (Wildman–Crippen MR) is 85.7 cm³/mol. The highest BCUT2D eigenvalue weighted by atomic mass is 35.5. The molecule has 1 aromatic carbocycles. The van der Waals surface area contributed by atoms with Gasteiger partial charge in [0.25, 0.3) is 5.91 Å². The van der Waals surface area contributed by atoms with Gasteiger partial charge in [-0.15, -0.1) is 11.3 Å². The minimum atomic E-state index is -3.78. The Morgan fingerprint density at radius 2 is 2.14 bits per heavy atom. The normalized spacial score (nSPS) is 17.3. The Labute approximate surface area is 137 Å². The Hall–Kier alpha value is -1.41. The molecule has 1 atom stereocenters. The number of fused-ring (bicyclic) bond motifs is 1. The van der Waals surface area contributed by atoms with Crippen molar-refractivity contribution in [1.29, 1.82) is 0 Å². The minimum absolute atomic E-state index is 0.0405. The van der Waals surface area contributed by atoms with Crippen LogP contribution in [-0.2, 0) is 16.4 Å². The monoisotopic (exact) mass is 356 g/mol. The van der Waals surface area contributed by atoms with Gasteiger partial charge in [-0.25, -0.2) is 13.6 Å². The Balaban J connectivity index is 1.78. The van der Waals surface area contributed by atoms with Gasteiger partial charge in [0.1, 0.15) is 0 Å². The molecular weight excluding hydrogens is 344 g/mol. The van der Waals surface area contributed by atoms with Gasteiger partial charge in [0.05, 0.1) is 15.8 Å². The van der Waals surface area contributed by atoms with Gasteiger partial charge in [-0.05, 0) is 42.2 Å². The van der Waals surface area contributed by atoms with Crippen molar-refractivity contribution in [3.05, 3.63) is 50.7 Å². The van der Waals surface area contributed by atoms with E-state index in [0.29, 0.717) is 9.90 Å². The molecule has 1 heterocycles. The number of hydrogen-bond donors (Lipinski definition) is 2. The van der Waals surface area contributed by atoms with E-state index in [2.05, 4.69) is 5.32 Å². The number of halogens is 1. The van der Waals surface area contributed by atoms with Crippen LogP contribution in [0.3, 0.4) is 0 Å². The van der Waals surface area contributed by atoms with Crippen molar-refractivity contribution >= 4 is 38.9 Å². The summed E-state index contributed by atoms with van der Waals surface area (Å²) in [5.74, 6) is -0.298. The number of amides is 1. The highest BCUT2D eigenvalue weighted by Gasteiger charge is 2.25. The Morgan fingerprint density at radius 3 is 2.82 bits per heavy atom. The number of carbonyl (C=O) groups excluding carboxylic acids is 1. The second-order valence-corrected chi connectivity index (χ2v) is 8.01. The zero-order valence-corrected chi connectivity index (χ0v) is 13.8. The van der Waals surface area contributed by atoms with Gasteiger partial charge < -0.3 is 5.32 Å². The zero-order chi connectivity index (χ0) is 15.9. The number of hydrogen-bond acceptors (Lipinski definition) is 4. The van der Waals surface area contributed by atoms with E-state index in [4.69, 9.17) is 16.7 Å². The lowest BCUT2D eigenvalue weighted by atomic mass is 10.1. The molecule has 2 aromatic rings. The summed E-state index contributed by atoms with van der Waals surface area (Å²) in [6.07, 6.45) is 1.66. The van der Waals surface area contributed by atoms with E-state index in [1.807, 2.05) is 12.1 Å².